The molecule has 2 aromatic rings. The van der Waals surface area contributed by atoms with Crippen molar-refractivity contribution in [2.75, 3.05) is 6.79 Å². The van der Waals surface area contributed by atoms with Crippen LogP contribution in [0.2, 0.25) is 0 Å². The van der Waals surface area contributed by atoms with Gasteiger partial charge in [-0.15, -0.1) is 0 Å². The molecule has 2 heterocycles. The van der Waals surface area contributed by atoms with Crippen LogP contribution in [0.4, 0.5) is 5.82 Å². The van der Waals surface area contributed by atoms with Crippen molar-refractivity contribution in [1.82, 2.24) is 15.0 Å². The van der Waals surface area contributed by atoms with E-state index in [0.29, 0.717) is 22.9 Å². The maximum atomic E-state index is 11.9. The molecule has 1 aromatic heterocycles. The SMILES string of the molecule is Cc1ncc([N+](=O)[O-])n1CC(=O)N/N=C/c1ccc2c(c1)OCO2. The Hall–Kier alpha value is -3.43. The Bertz CT molecular complexity index is 829. The molecule has 0 radical (unpaired) electrons. The molecule has 0 fully saturated rings. The summed E-state index contributed by atoms with van der Waals surface area (Å²) in [5, 5.41) is 14.7. The molecule has 0 spiro atoms. The number of hydrogen-bond donors (Lipinski definition) is 1. The van der Waals surface area contributed by atoms with E-state index in [0.717, 1.165) is 6.20 Å². The fraction of sp³-hybridized carbons (Fsp3) is 0.214. The van der Waals surface area contributed by atoms with Crippen molar-refractivity contribution in [2.45, 2.75) is 13.5 Å². The highest BCUT2D eigenvalue weighted by molar-refractivity contribution is 5.83. The molecule has 124 valence electrons. The lowest BCUT2D eigenvalue weighted by Gasteiger charge is -2.02. The van der Waals surface area contributed by atoms with Crippen molar-refractivity contribution in [3.05, 3.63) is 45.9 Å². The van der Waals surface area contributed by atoms with Gasteiger partial charge >= 0.3 is 5.82 Å². The second-order valence-corrected chi connectivity index (χ2v) is 4.91. The molecule has 1 aliphatic heterocycles. The Balaban J connectivity index is 1.62. The van der Waals surface area contributed by atoms with Gasteiger partial charge in [0.05, 0.1) is 6.21 Å². The minimum Gasteiger partial charge on any atom is -0.454 e. The summed E-state index contributed by atoms with van der Waals surface area (Å²) in [5.74, 6) is 0.879. The molecule has 1 N–H and O–H groups in total. The highest BCUT2D eigenvalue weighted by Gasteiger charge is 2.20. The molecule has 0 bridgehead atoms. The number of aryl methyl sites for hydroxylation is 1. The molecule has 0 saturated carbocycles. The van der Waals surface area contributed by atoms with Crippen molar-refractivity contribution in [1.29, 1.82) is 0 Å². The third-order valence-corrected chi connectivity index (χ3v) is 3.32. The minimum absolute atomic E-state index is 0.176. The van der Waals surface area contributed by atoms with Crippen molar-refractivity contribution >= 4 is 17.9 Å². The molecular formula is C14H13N5O5. The third-order valence-electron chi connectivity index (χ3n) is 3.32. The first-order chi connectivity index (χ1) is 11.5. The number of imidazole rings is 1. The molecule has 1 aromatic carbocycles. The smallest absolute Gasteiger partial charge is 0.343 e. The quantitative estimate of drug-likeness (QED) is 0.495. The summed E-state index contributed by atoms with van der Waals surface area (Å²) in [6.07, 6.45) is 2.55. The molecule has 0 aliphatic carbocycles. The summed E-state index contributed by atoms with van der Waals surface area (Å²) >= 11 is 0. The maximum Gasteiger partial charge on any atom is 0.343 e. The first-order valence-corrected chi connectivity index (χ1v) is 6.92. The minimum atomic E-state index is -0.594. The van der Waals surface area contributed by atoms with E-state index in [-0.39, 0.29) is 19.2 Å². The highest BCUT2D eigenvalue weighted by atomic mass is 16.7. The van der Waals surface area contributed by atoms with E-state index in [9.17, 15) is 14.9 Å². The number of benzene rings is 1. The van der Waals surface area contributed by atoms with Crippen LogP contribution in [0.15, 0.2) is 29.5 Å². The number of nitrogens with zero attached hydrogens (tertiary/aromatic N) is 4. The van der Waals surface area contributed by atoms with Gasteiger partial charge in [0.15, 0.2) is 23.9 Å². The van der Waals surface area contributed by atoms with E-state index in [1.165, 1.54) is 10.8 Å². The van der Waals surface area contributed by atoms with Gasteiger partial charge in [-0.1, -0.05) is 0 Å². The van der Waals surface area contributed by atoms with Gasteiger partial charge in [-0.3, -0.25) is 4.79 Å². The van der Waals surface area contributed by atoms with Gasteiger partial charge < -0.3 is 19.6 Å². The molecule has 10 nitrogen and oxygen atoms in total. The predicted octanol–water partition coefficient (Wildman–Crippen LogP) is 0.979. The normalized spacial score (nSPS) is 12.5. The summed E-state index contributed by atoms with van der Waals surface area (Å²) in [5.41, 5.74) is 3.03. The van der Waals surface area contributed by atoms with Crippen molar-refractivity contribution < 1.29 is 19.2 Å². The number of hydrazone groups is 1. The molecule has 0 unspecified atom stereocenters. The van der Waals surface area contributed by atoms with Crippen LogP contribution < -0.4 is 14.9 Å². The first-order valence-electron chi connectivity index (χ1n) is 6.92. The zero-order chi connectivity index (χ0) is 17.1. The number of rotatable bonds is 5. The van der Waals surface area contributed by atoms with Gasteiger partial charge in [-0.05, 0) is 28.7 Å². The van der Waals surface area contributed by atoms with E-state index < -0.39 is 10.8 Å². The molecule has 3 rings (SSSR count). The van der Waals surface area contributed by atoms with E-state index in [1.54, 1.807) is 25.1 Å². The van der Waals surface area contributed by atoms with Crippen LogP contribution in [0.5, 0.6) is 11.5 Å². The highest BCUT2D eigenvalue weighted by Crippen LogP contribution is 2.31. The topological polar surface area (TPSA) is 121 Å². The number of amides is 1. The lowest BCUT2D eigenvalue weighted by atomic mass is 10.2. The van der Waals surface area contributed by atoms with Crippen molar-refractivity contribution in [3.63, 3.8) is 0 Å². The average molecular weight is 331 g/mol. The second-order valence-electron chi connectivity index (χ2n) is 4.91. The van der Waals surface area contributed by atoms with Crippen LogP contribution in [0.25, 0.3) is 0 Å². The largest absolute Gasteiger partial charge is 0.454 e. The van der Waals surface area contributed by atoms with Gasteiger partial charge in [0.1, 0.15) is 6.20 Å². The van der Waals surface area contributed by atoms with E-state index in [4.69, 9.17) is 9.47 Å². The van der Waals surface area contributed by atoms with Crippen LogP contribution in [0.3, 0.4) is 0 Å². The van der Waals surface area contributed by atoms with Crippen LogP contribution in [0.1, 0.15) is 11.4 Å². The number of fused-ring (bicyclic) bond motifs is 1. The Labute approximate surface area is 135 Å². The van der Waals surface area contributed by atoms with Gasteiger partial charge in [0.25, 0.3) is 5.91 Å². The summed E-state index contributed by atoms with van der Waals surface area (Å²) in [6.45, 7) is 1.51. The van der Waals surface area contributed by atoms with E-state index >= 15 is 0 Å². The Morgan fingerprint density at radius 1 is 1.50 bits per heavy atom. The number of carbonyl (C=O) groups is 1. The molecule has 0 atom stereocenters. The summed E-state index contributed by atoms with van der Waals surface area (Å²) in [4.78, 5) is 26.0. The molecule has 1 amide bonds. The lowest BCUT2D eigenvalue weighted by Crippen LogP contribution is -2.24. The number of hydrogen-bond acceptors (Lipinski definition) is 7. The monoisotopic (exact) mass is 331 g/mol. The third kappa shape index (κ3) is 3.16. The Morgan fingerprint density at radius 2 is 2.29 bits per heavy atom. The fourth-order valence-corrected chi connectivity index (χ4v) is 2.15. The first kappa shape index (κ1) is 15.5. The summed E-state index contributed by atoms with van der Waals surface area (Å²) in [6, 6.07) is 5.22. The molecule has 24 heavy (non-hydrogen) atoms. The summed E-state index contributed by atoms with van der Waals surface area (Å²) < 4.78 is 11.6. The molecule has 0 saturated heterocycles. The van der Waals surface area contributed by atoms with Crippen molar-refractivity contribution in [3.8, 4) is 11.5 Å². The average Bonchev–Trinajstić information content (AvgIpc) is 3.14. The zero-order valence-electron chi connectivity index (χ0n) is 12.6. The van der Waals surface area contributed by atoms with E-state index in [1.807, 2.05) is 0 Å². The number of carbonyl (C=O) groups excluding carboxylic acids is 1. The summed E-state index contributed by atoms with van der Waals surface area (Å²) in [7, 11) is 0. The Morgan fingerprint density at radius 3 is 3.08 bits per heavy atom. The van der Waals surface area contributed by atoms with E-state index in [2.05, 4.69) is 15.5 Å². The number of nitrogens with one attached hydrogen (secondary N) is 1. The van der Waals surface area contributed by atoms with Crippen molar-refractivity contribution in [2.24, 2.45) is 5.10 Å². The molecular weight excluding hydrogens is 318 g/mol. The number of aromatic nitrogens is 2. The van der Waals surface area contributed by atoms with Gasteiger partial charge in [-0.2, -0.15) is 5.10 Å². The fourth-order valence-electron chi connectivity index (χ4n) is 2.15. The number of ether oxygens (including phenoxy) is 2. The number of nitro groups is 1. The van der Waals surface area contributed by atoms with Gasteiger partial charge in [0, 0.05) is 6.92 Å². The predicted molar refractivity (Wildman–Crippen MR) is 81.9 cm³/mol. The van der Waals surface area contributed by atoms with Crippen LogP contribution in [-0.2, 0) is 11.3 Å². The second kappa shape index (κ2) is 6.36. The van der Waals surface area contributed by atoms with Gasteiger partial charge in [-0.25, -0.2) is 15.0 Å². The maximum absolute atomic E-state index is 11.9. The standard InChI is InChI=1S/C14H13N5O5/c1-9-15-6-14(19(21)22)18(9)7-13(20)17-16-5-10-2-3-11-12(4-10)24-8-23-11/h2-6H,7-8H2,1H3,(H,17,20)/b16-5+. The van der Waals surface area contributed by atoms with Gasteiger partial charge in [0.2, 0.25) is 6.79 Å². The molecule has 1 aliphatic rings. The zero-order valence-corrected chi connectivity index (χ0v) is 12.6. The van der Waals surface area contributed by atoms with Crippen LogP contribution >= 0.6 is 0 Å². The van der Waals surface area contributed by atoms with Crippen LogP contribution in [-0.4, -0.2) is 33.4 Å². The Kier molecular flexibility index (Phi) is 4.10. The molecule has 10 heteroatoms. The lowest BCUT2D eigenvalue weighted by molar-refractivity contribution is -0.392. The van der Waals surface area contributed by atoms with Crippen LogP contribution in [0, 0.1) is 17.0 Å².